The summed E-state index contributed by atoms with van der Waals surface area (Å²) in [7, 11) is 0. The molecule has 0 aromatic heterocycles. The fourth-order valence-electron chi connectivity index (χ4n) is 0.732. The van der Waals surface area contributed by atoms with E-state index in [-0.39, 0.29) is 6.04 Å². The molecule has 0 saturated carbocycles. The standard InChI is InChI=1S/C7H10N2/c1-6-4-3-5-8-7(2)9-6/h3-6H,1-2H3. The van der Waals surface area contributed by atoms with E-state index in [0.717, 1.165) is 5.84 Å². The van der Waals surface area contributed by atoms with Crippen LogP contribution in [-0.4, -0.2) is 18.1 Å². The zero-order valence-electron chi connectivity index (χ0n) is 5.70. The van der Waals surface area contributed by atoms with Crippen LogP contribution in [0, 0.1) is 0 Å². The SMILES string of the molecule is CC1=NC(C)C=CC=N1. The highest BCUT2D eigenvalue weighted by Crippen LogP contribution is 1.96. The summed E-state index contributed by atoms with van der Waals surface area (Å²) < 4.78 is 0. The van der Waals surface area contributed by atoms with Gasteiger partial charge in [-0.25, -0.2) is 4.99 Å². The van der Waals surface area contributed by atoms with Gasteiger partial charge in [0.25, 0.3) is 0 Å². The number of hydrogen-bond donors (Lipinski definition) is 0. The van der Waals surface area contributed by atoms with E-state index in [4.69, 9.17) is 0 Å². The van der Waals surface area contributed by atoms with Crippen molar-refractivity contribution in [3.8, 4) is 0 Å². The Balaban J connectivity index is 2.77. The van der Waals surface area contributed by atoms with E-state index >= 15 is 0 Å². The molecule has 0 amide bonds. The highest BCUT2D eigenvalue weighted by molar-refractivity contribution is 5.91. The summed E-state index contributed by atoms with van der Waals surface area (Å²) in [5, 5.41) is 0. The molecule has 48 valence electrons. The normalized spacial score (nSPS) is 25.6. The number of hydrogen-bond acceptors (Lipinski definition) is 2. The molecule has 2 heteroatoms. The van der Waals surface area contributed by atoms with Crippen molar-refractivity contribution in [3.63, 3.8) is 0 Å². The van der Waals surface area contributed by atoms with Crippen molar-refractivity contribution in [2.45, 2.75) is 19.9 Å². The van der Waals surface area contributed by atoms with Gasteiger partial charge in [0, 0.05) is 6.21 Å². The smallest absolute Gasteiger partial charge is 0.120 e. The molecule has 0 bridgehead atoms. The van der Waals surface area contributed by atoms with Crippen molar-refractivity contribution in [1.82, 2.24) is 0 Å². The van der Waals surface area contributed by atoms with Crippen LogP contribution < -0.4 is 0 Å². The largest absolute Gasteiger partial charge is 0.264 e. The number of nitrogens with zero attached hydrogens (tertiary/aromatic N) is 2. The Morgan fingerprint density at radius 3 is 3.11 bits per heavy atom. The minimum Gasteiger partial charge on any atom is -0.264 e. The van der Waals surface area contributed by atoms with Crippen LogP contribution in [-0.2, 0) is 0 Å². The quantitative estimate of drug-likeness (QED) is 0.464. The molecule has 0 aromatic carbocycles. The van der Waals surface area contributed by atoms with E-state index in [1.807, 2.05) is 26.0 Å². The number of rotatable bonds is 0. The van der Waals surface area contributed by atoms with Gasteiger partial charge in [-0.2, -0.15) is 0 Å². The zero-order chi connectivity index (χ0) is 6.69. The summed E-state index contributed by atoms with van der Waals surface area (Å²) in [6, 6.07) is 0.285. The molecule has 0 spiro atoms. The molecule has 1 atom stereocenters. The molecule has 9 heavy (non-hydrogen) atoms. The molecule has 2 nitrogen and oxygen atoms in total. The summed E-state index contributed by atoms with van der Waals surface area (Å²) in [6.45, 7) is 3.94. The average Bonchev–Trinajstić information content (AvgIpc) is 1.93. The predicted octanol–water partition coefficient (Wildman–Crippen LogP) is 1.43. The Hall–Kier alpha value is -0.920. The van der Waals surface area contributed by atoms with Gasteiger partial charge in [0.15, 0.2) is 0 Å². The van der Waals surface area contributed by atoms with Crippen LogP contribution in [0.1, 0.15) is 13.8 Å². The second kappa shape index (κ2) is 2.58. The van der Waals surface area contributed by atoms with Crippen molar-refractivity contribution in [2.75, 3.05) is 0 Å². The third kappa shape index (κ3) is 1.80. The van der Waals surface area contributed by atoms with E-state index in [1.54, 1.807) is 6.21 Å². The summed E-state index contributed by atoms with van der Waals surface area (Å²) in [6.07, 6.45) is 5.70. The monoisotopic (exact) mass is 122 g/mol. The fraction of sp³-hybridized carbons (Fsp3) is 0.429. The zero-order valence-corrected chi connectivity index (χ0v) is 5.70. The lowest BCUT2D eigenvalue weighted by atomic mass is 10.3. The van der Waals surface area contributed by atoms with Gasteiger partial charge in [0.2, 0.25) is 0 Å². The second-order valence-corrected chi connectivity index (χ2v) is 2.08. The molecule has 0 aliphatic carbocycles. The maximum atomic E-state index is 4.21. The van der Waals surface area contributed by atoms with E-state index in [9.17, 15) is 0 Å². The molecule has 0 N–H and O–H groups in total. The van der Waals surface area contributed by atoms with Crippen molar-refractivity contribution in [3.05, 3.63) is 12.2 Å². The highest BCUT2D eigenvalue weighted by Gasteiger charge is 1.94. The minimum atomic E-state index is 0.285. The summed E-state index contributed by atoms with van der Waals surface area (Å²) in [5.41, 5.74) is 0. The molecule has 0 fully saturated rings. The van der Waals surface area contributed by atoms with Gasteiger partial charge < -0.3 is 0 Å². The molecule has 1 unspecified atom stereocenters. The van der Waals surface area contributed by atoms with E-state index in [2.05, 4.69) is 9.98 Å². The predicted molar refractivity (Wildman–Crippen MR) is 40.2 cm³/mol. The van der Waals surface area contributed by atoms with Crippen LogP contribution in [0.5, 0.6) is 0 Å². The van der Waals surface area contributed by atoms with Crippen molar-refractivity contribution >= 4 is 12.1 Å². The lowest BCUT2D eigenvalue weighted by Gasteiger charge is -1.94. The van der Waals surface area contributed by atoms with Crippen LogP contribution in [0.4, 0.5) is 0 Å². The first-order chi connectivity index (χ1) is 4.29. The molecule has 1 aliphatic rings. The summed E-state index contributed by atoms with van der Waals surface area (Å²) in [4.78, 5) is 8.22. The van der Waals surface area contributed by atoms with Crippen molar-refractivity contribution in [2.24, 2.45) is 9.98 Å². The Morgan fingerprint density at radius 2 is 2.33 bits per heavy atom. The number of allylic oxidation sites excluding steroid dienone is 1. The van der Waals surface area contributed by atoms with Gasteiger partial charge in [-0.15, -0.1) is 0 Å². The third-order valence-electron chi connectivity index (χ3n) is 1.13. The molecule has 0 radical (unpaired) electrons. The molecular formula is C7H10N2. The molecule has 0 aromatic rings. The summed E-state index contributed by atoms with van der Waals surface area (Å²) in [5.74, 6) is 0.854. The molecule has 0 saturated heterocycles. The lowest BCUT2D eigenvalue weighted by molar-refractivity contribution is 0.926. The average molecular weight is 122 g/mol. The molecule has 1 rings (SSSR count). The fourth-order valence-corrected chi connectivity index (χ4v) is 0.732. The van der Waals surface area contributed by atoms with E-state index in [1.165, 1.54) is 0 Å². The Morgan fingerprint density at radius 1 is 1.56 bits per heavy atom. The van der Waals surface area contributed by atoms with Crippen LogP contribution in [0.3, 0.4) is 0 Å². The van der Waals surface area contributed by atoms with Gasteiger partial charge in [0.05, 0.1) is 6.04 Å². The molecular weight excluding hydrogens is 112 g/mol. The highest BCUT2D eigenvalue weighted by atomic mass is 14.9. The van der Waals surface area contributed by atoms with Crippen LogP contribution in [0.15, 0.2) is 22.1 Å². The van der Waals surface area contributed by atoms with E-state index < -0.39 is 0 Å². The van der Waals surface area contributed by atoms with Gasteiger partial charge >= 0.3 is 0 Å². The Kier molecular flexibility index (Phi) is 1.78. The van der Waals surface area contributed by atoms with Crippen LogP contribution in [0.2, 0.25) is 0 Å². The maximum Gasteiger partial charge on any atom is 0.120 e. The Bertz CT molecular complexity index is 177. The lowest BCUT2D eigenvalue weighted by Crippen LogP contribution is -1.94. The second-order valence-electron chi connectivity index (χ2n) is 2.08. The number of amidine groups is 1. The molecule has 1 aliphatic heterocycles. The first-order valence-corrected chi connectivity index (χ1v) is 3.04. The summed E-state index contributed by atoms with van der Waals surface area (Å²) >= 11 is 0. The van der Waals surface area contributed by atoms with Gasteiger partial charge in [-0.3, -0.25) is 4.99 Å². The third-order valence-corrected chi connectivity index (χ3v) is 1.13. The maximum absolute atomic E-state index is 4.21. The van der Waals surface area contributed by atoms with Crippen LogP contribution >= 0.6 is 0 Å². The van der Waals surface area contributed by atoms with Crippen molar-refractivity contribution < 1.29 is 0 Å². The first-order valence-electron chi connectivity index (χ1n) is 3.04. The van der Waals surface area contributed by atoms with Gasteiger partial charge in [0.1, 0.15) is 5.84 Å². The van der Waals surface area contributed by atoms with Crippen LogP contribution in [0.25, 0.3) is 0 Å². The Labute approximate surface area is 55.0 Å². The number of aliphatic imine (C=N–C) groups is 2. The first kappa shape index (κ1) is 6.20. The van der Waals surface area contributed by atoms with E-state index in [0.29, 0.717) is 0 Å². The minimum absolute atomic E-state index is 0.285. The molecule has 1 heterocycles. The van der Waals surface area contributed by atoms with Gasteiger partial charge in [-0.05, 0) is 19.9 Å². The van der Waals surface area contributed by atoms with Crippen molar-refractivity contribution in [1.29, 1.82) is 0 Å². The van der Waals surface area contributed by atoms with Gasteiger partial charge in [-0.1, -0.05) is 6.08 Å². The topological polar surface area (TPSA) is 24.7 Å².